The van der Waals surface area contributed by atoms with Gasteiger partial charge in [0.15, 0.2) is 5.76 Å². The third-order valence-electron chi connectivity index (χ3n) is 5.17. The number of hydrogen-bond acceptors (Lipinski definition) is 7. The van der Waals surface area contributed by atoms with Crippen LogP contribution in [0.2, 0.25) is 0 Å². The molecule has 0 saturated heterocycles. The van der Waals surface area contributed by atoms with Crippen molar-refractivity contribution < 1.29 is 19.0 Å². The van der Waals surface area contributed by atoms with Gasteiger partial charge in [0.05, 0.1) is 19.1 Å². The van der Waals surface area contributed by atoms with Crippen molar-refractivity contribution in [3.05, 3.63) is 56.6 Å². The van der Waals surface area contributed by atoms with Gasteiger partial charge >= 0.3 is 0 Å². The third-order valence-corrected chi connectivity index (χ3v) is 5.17. The molecular formula is C20H27NO6. The second-order valence-electron chi connectivity index (χ2n) is 7.27. The summed E-state index contributed by atoms with van der Waals surface area (Å²) in [5, 5.41) is 19.6. The van der Waals surface area contributed by atoms with Crippen LogP contribution in [0.5, 0.6) is 11.5 Å². The van der Waals surface area contributed by atoms with Crippen molar-refractivity contribution in [1.29, 1.82) is 0 Å². The van der Waals surface area contributed by atoms with E-state index in [-0.39, 0.29) is 22.7 Å². The average Bonchev–Trinajstić information content (AvgIpc) is 2.65. The fraction of sp³-hybridized carbons (Fsp3) is 0.500. The summed E-state index contributed by atoms with van der Waals surface area (Å²) in [5.41, 5.74) is -0.903. The largest absolute Gasteiger partial charge is 0.502 e. The lowest BCUT2D eigenvalue weighted by Gasteiger charge is -2.30. The summed E-state index contributed by atoms with van der Waals surface area (Å²) in [5.74, 6) is -0.106. The Hall–Kier alpha value is -2.54. The summed E-state index contributed by atoms with van der Waals surface area (Å²) in [6, 6.07) is 2.38. The maximum atomic E-state index is 11.5. The second kappa shape index (κ2) is 8.90. The molecule has 0 aliphatic heterocycles. The van der Waals surface area contributed by atoms with Crippen molar-refractivity contribution in [3.63, 3.8) is 0 Å². The van der Waals surface area contributed by atoms with Gasteiger partial charge in [0, 0.05) is 18.6 Å². The third kappa shape index (κ3) is 5.47. The van der Waals surface area contributed by atoms with E-state index >= 15 is 0 Å². The Morgan fingerprint density at radius 3 is 2.15 bits per heavy atom. The fourth-order valence-corrected chi connectivity index (χ4v) is 2.87. The Morgan fingerprint density at radius 1 is 1.00 bits per heavy atom. The van der Waals surface area contributed by atoms with Gasteiger partial charge in [-0.1, -0.05) is 20.3 Å². The Kier molecular flexibility index (Phi) is 6.85. The zero-order chi connectivity index (χ0) is 20.0. The van der Waals surface area contributed by atoms with E-state index in [1.54, 1.807) is 0 Å². The lowest BCUT2D eigenvalue weighted by atomic mass is 9.79. The maximum absolute atomic E-state index is 11.5. The molecule has 0 fully saturated rings. The van der Waals surface area contributed by atoms with Gasteiger partial charge in [-0.25, -0.2) is 0 Å². The van der Waals surface area contributed by atoms with Crippen LogP contribution in [0.1, 0.15) is 44.6 Å². The van der Waals surface area contributed by atoms with Crippen molar-refractivity contribution in [1.82, 2.24) is 4.90 Å². The van der Waals surface area contributed by atoms with Crippen LogP contribution >= 0.6 is 0 Å². The van der Waals surface area contributed by atoms with Gasteiger partial charge in [-0.3, -0.25) is 14.5 Å². The summed E-state index contributed by atoms with van der Waals surface area (Å²) in [4.78, 5) is 25.0. The number of aryl methyl sites for hydroxylation is 1. The molecule has 2 rings (SSSR count). The predicted octanol–water partition coefficient (Wildman–Crippen LogP) is 2.88. The fourth-order valence-electron chi connectivity index (χ4n) is 2.87. The molecule has 0 bridgehead atoms. The lowest BCUT2D eigenvalue weighted by molar-refractivity contribution is 0.193. The molecule has 0 spiro atoms. The normalized spacial score (nSPS) is 13.6. The first kappa shape index (κ1) is 20.8. The monoisotopic (exact) mass is 377 g/mol. The van der Waals surface area contributed by atoms with Gasteiger partial charge in [-0.2, -0.15) is 0 Å². The van der Waals surface area contributed by atoms with Gasteiger partial charge < -0.3 is 19.0 Å². The molecule has 0 amide bonds. The summed E-state index contributed by atoms with van der Waals surface area (Å²) < 4.78 is 10.5. The smallest absolute Gasteiger partial charge is 0.226 e. The highest BCUT2D eigenvalue weighted by Crippen LogP contribution is 2.33. The summed E-state index contributed by atoms with van der Waals surface area (Å²) in [7, 11) is 1.89. The van der Waals surface area contributed by atoms with Crippen LogP contribution in [0.15, 0.2) is 43.1 Å². The van der Waals surface area contributed by atoms with Gasteiger partial charge in [-0.05, 0) is 31.8 Å². The molecule has 2 aromatic rings. The van der Waals surface area contributed by atoms with E-state index in [4.69, 9.17) is 8.83 Å². The molecule has 2 aromatic heterocycles. The minimum atomic E-state index is -0.452. The predicted molar refractivity (Wildman–Crippen MR) is 101 cm³/mol. The molecule has 0 saturated carbocycles. The molecule has 0 aliphatic carbocycles. The quantitative estimate of drug-likeness (QED) is 0.692. The maximum Gasteiger partial charge on any atom is 0.226 e. The van der Waals surface area contributed by atoms with E-state index in [0.29, 0.717) is 18.7 Å². The Morgan fingerprint density at radius 2 is 1.56 bits per heavy atom. The standard InChI is InChI=1S/C20H27NO6/c1-4-20(2,8-5-16-18(24)14(22)6-11-26-16)9-10-21(3)13-17-19(25)15(23)7-12-27-17/h6-7,11-12,24-25H,4-5,8-10,13H2,1-3H3. The van der Waals surface area contributed by atoms with E-state index < -0.39 is 10.9 Å². The number of nitrogens with zero attached hydrogens (tertiary/aromatic N) is 1. The van der Waals surface area contributed by atoms with E-state index in [0.717, 1.165) is 25.8 Å². The van der Waals surface area contributed by atoms with Crippen LogP contribution in [-0.4, -0.2) is 28.7 Å². The van der Waals surface area contributed by atoms with Crippen molar-refractivity contribution in [2.45, 2.75) is 46.1 Å². The van der Waals surface area contributed by atoms with E-state index in [2.05, 4.69) is 13.8 Å². The Balaban J connectivity index is 1.94. The SMILES string of the molecule is CCC(C)(CCc1occc(=O)c1O)CCN(C)Cc1occc(=O)c1O. The minimum absolute atomic E-state index is 0.0192. The first-order chi connectivity index (χ1) is 12.8. The molecule has 1 atom stereocenters. The number of aromatic hydroxyl groups is 2. The van der Waals surface area contributed by atoms with Gasteiger partial charge in [0.1, 0.15) is 5.76 Å². The second-order valence-corrected chi connectivity index (χ2v) is 7.27. The zero-order valence-electron chi connectivity index (χ0n) is 16.0. The van der Waals surface area contributed by atoms with Crippen LogP contribution in [0.4, 0.5) is 0 Å². The van der Waals surface area contributed by atoms with Crippen LogP contribution < -0.4 is 10.9 Å². The van der Waals surface area contributed by atoms with Crippen LogP contribution in [-0.2, 0) is 13.0 Å². The van der Waals surface area contributed by atoms with Crippen molar-refractivity contribution in [2.24, 2.45) is 5.41 Å². The molecule has 2 heterocycles. The van der Waals surface area contributed by atoms with E-state index in [9.17, 15) is 19.8 Å². The van der Waals surface area contributed by atoms with Crippen LogP contribution in [0, 0.1) is 5.41 Å². The Bertz CT molecular complexity index is 871. The number of rotatable bonds is 9. The highest BCUT2D eigenvalue weighted by molar-refractivity contribution is 5.23. The topological polar surface area (TPSA) is 104 Å². The average molecular weight is 377 g/mol. The lowest BCUT2D eigenvalue weighted by Crippen LogP contribution is -2.27. The van der Waals surface area contributed by atoms with Gasteiger partial charge in [0.2, 0.25) is 22.4 Å². The molecule has 1 unspecified atom stereocenters. The van der Waals surface area contributed by atoms with Crippen molar-refractivity contribution in [2.75, 3.05) is 13.6 Å². The minimum Gasteiger partial charge on any atom is -0.502 e. The molecule has 7 nitrogen and oxygen atoms in total. The number of hydrogen-bond donors (Lipinski definition) is 2. The molecule has 148 valence electrons. The molecule has 0 radical (unpaired) electrons. The molecule has 2 N–H and O–H groups in total. The van der Waals surface area contributed by atoms with E-state index in [1.165, 1.54) is 24.7 Å². The molecule has 27 heavy (non-hydrogen) atoms. The zero-order valence-corrected chi connectivity index (χ0v) is 16.0. The molecule has 0 aliphatic rings. The summed E-state index contributed by atoms with van der Waals surface area (Å²) in [6.07, 6.45) is 5.59. The summed E-state index contributed by atoms with van der Waals surface area (Å²) >= 11 is 0. The van der Waals surface area contributed by atoms with Gasteiger partial charge in [0.25, 0.3) is 0 Å². The Labute approximate surface area is 157 Å². The van der Waals surface area contributed by atoms with Crippen LogP contribution in [0.3, 0.4) is 0 Å². The van der Waals surface area contributed by atoms with Crippen LogP contribution in [0.25, 0.3) is 0 Å². The van der Waals surface area contributed by atoms with Crippen molar-refractivity contribution in [3.8, 4) is 11.5 Å². The highest BCUT2D eigenvalue weighted by Gasteiger charge is 2.24. The molecular weight excluding hydrogens is 350 g/mol. The first-order valence-electron chi connectivity index (χ1n) is 9.03. The first-order valence-corrected chi connectivity index (χ1v) is 9.03. The highest BCUT2D eigenvalue weighted by atomic mass is 16.4. The van der Waals surface area contributed by atoms with Gasteiger partial charge in [-0.15, -0.1) is 0 Å². The molecule has 7 heteroatoms. The molecule has 0 aromatic carbocycles. The summed E-state index contributed by atoms with van der Waals surface area (Å²) in [6.45, 7) is 5.31. The van der Waals surface area contributed by atoms with E-state index in [1.807, 2.05) is 11.9 Å². The van der Waals surface area contributed by atoms with Crippen molar-refractivity contribution >= 4 is 0 Å².